The summed E-state index contributed by atoms with van der Waals surface area (Å²) in [4.78, 5) is 24.0. The number of hydrogen-bond acceptors (Lipinski definition) is 5. The lowest BCUT2D eigenvalue weighted by molar-refractivity contribution is -0.436. The van der Waals surface area contributed by atoms with Crippen molar-refractivity contribution in [1.29, 1.82) is 5.26 Å². The van der Waals surface area contributed by atoms with Crippen LogP contribution in [-0.4, -0.2) is 47.5 Å². The number of carboxylic acids is 1. The maximum atomic E-state index is 13.6. The second kappa shape index (κ2) is 12.2. The van der Waals surface area contributed by atoms with Crippen LogP contribution in [0.4, 0.5) is 24.5 Å². The number of benzene rings is 2. The summed E-state index contributed by atoms with van der Waals surface area (Å²) in [7, 11) is 0. The molecule has 2 aliphatic heterocycles. The highest BCUT2D eigenvalue weighted by Gasteiger charge is 2.45. The highest BCUT2D eigenvalue weighted by Crippen LogP contribution is 2.49. The summed E-state index contributed by atoms with van der Waals surface area (Å²) in [6.45, 7) is 10.5. The number of carboxylic acid groups (broad SMARTS) is 1. The normalized spacial score (nSPS) is 18.0. The van der Waals surface area contributed by atoms with Gasteiger partial charge in [-0.2, -0.15) is 23.0 Å². The van der Waals surface area contributed by atoms with Crippen molar-refractivity contribution in [2.75, 3.05) is 24.6 Å². The molecular formula is C34H35F3N3O4+. The molecule has 0 fully saturated rings. The molecule has 0 aliphatic carbocycles. The molecule has 10 heteroatoms. The highest BCUT2D eigenvalue weighted by molar-refractivity contribution is 6.03. The van der Waals surface area contributed by atoms with Crippen molar-refractivity contribution < 1.29 is 37.2 Å². The van der Waals surface area contributed by atoms with Crippen LogP contribution in [0.5, 0.6) is 0 Å². The number of ether oxygens (including phenoxy) is 1. The quantitative estimate of drug-likeness (QED) is 0.106. The smallest absolute Gasteiger partial charge is 0.416 e. The van der Waals surface area contributed by atoms with E-state index in [1.54, 1.807) is 23.1 Å². The Balaban J connectivity index is 1.76. The SMILES string of the molecule is Cc1ccc2c(c1)C(C)(C)C(/C=C/C(C#N)=C/C=C1/N(CCOC=O)c3ccc(C(F)(F)F)cc3C1(C)C)=[N+]2CCC(=O)O. The summed E-state index contributed by atoms with van der Waals surface area (Å²) in [6, 6.07) is 11.8. The lowest BCUT2D eigenvalue weighted by Gasteiger charge is -2.26. The van der Waals surface area contributed by atoms with E-state index in [1.165, 1.54) is 6.07 Å². The average molecular weight is 607 g/mol. The monoisotopic (exact) mass is 606 g/mol. The van der Waals surface area contributed by atoms with Gasteiger partial charge in [0.15, 0.2) is 12.3 Å². The van der Waals surface area contributed by atoms with Gasteiger partial charge in [0.1, 0.15) is 13.0 Å². The number of halogens is 3. The minimum absolute atomic E-state index is 0.0196. The first-order valence-corrected chi connectivity index (χ1v) is 14.2. The first kappa shape index (κ1) is 32.3. The van der Waals surface area contributed by atoms with Gasteiger partial charge in [0.2, 0.25) is 5.69 Å². The summed E-state index contributed by atoms with van der Waals surface area (Å²) in [5.74, 6) is -0.915. The van der Waals surface area contributed by atoms with E-state index < -0.39 is 28.5 Å². The third-order valence-electron chi connectivity index (χ3n) is 8.29. The molecule has 0 saturated carbocycles. The molecule has 0 unspecified atom stereocenters. The molecule has 0 atom stereocenters. The first-order valence-electron chi connectivity index (χ1n) is 14.2. The fourth-order valence-corrected chi connectivity index (χ4v) is 5.99. The van der Waals surface area contributed by atoms with E-state index >= 15 is 0 Å². The van der Waals surface area contributed by atoms with E-state index in [0.717, 1.165) is 34.7 Å². The van der Waals surface area contributed by atoms with Gasteiger partial charge in [0.05, 0.1) is 29.2 Å². The van der Waals surface area contributed by atoms with Gasteiger partial charge in [-0.3, -0.25) is 9.59 Å². The van der Waals surface area contributed by atoms with E-state index in [9.17, 15) is 33.1 Å². The summed E-state index contributed by atoms with van der Waals surface area (Å²) >= 11 is 0. The number of carbonyl (C=O) groups excluding carboxylic acids is 1. The first-order chi connectivity index (χ1) is 20.6. The number of aryl methyl sites for hydroxylation is 1. The third-order valence-corrected chi connectivity index (χ3v) is 8.29. The zero-order valence-electron chi connectivity index (χ0n) is 25.3. The van der Waals surface area contributed by atoms with Gasteiger partial charge in [-0.15, -0.1) is 0 Å². The van der Waals surface area contributed by atoms with E-state index in [0.29, 0.717) is 23.4 Å². The molecule has 0 spiro atoms. The van der Waals surface area contributed by atoms with Crippen molar-refractivity contribution in [3.05, 3.63) is 94.2 Å². The van der Waals surface area contributed by atoms with Crippen LogP contribution in [0.15, 0.2) is 72.0 Å². The molecule has 2 aliphatic rings. The molecule has 230 valence electrons. The van der Waals surface area contributed by atoms with Gasteiger partial charge < -0.3 is 14.7 Å². The van der Waals surface area contributed by atoms with E-state index in [-0.39, 0.29) is 31.7 Å². The number of hydrogen-bond donors (Lipinski definition) is 1. The zero-order valence-corrected chi connectivity index (χ0v) is 25.3. The number of aliphatic carboxylic acids is 1. The van der Waals surface area contributed by atoms with Crippen molar-refractivity contribution in [3.63, 3.8) is 0 Å². The van der Waals surface area contributed by atoms with Crippen LogP contribution < -0.4 is 4.90 Å². The topological polar surface area (TPSA) is 93.6 Å². The van der Waals surface area contributed by atoms with Crippen LogP contribution in [0.3, 0.4) is 0 Å². The van der Waals surface area contributed by atoms with Crippen molar-refractivity contribution in [2.24, 2.45) is 0 Å². The fourth-order valence-electron chi connectivity index (χ4n) is 5.99. The van der Waals surface area contributed by atoms with Crippen LogP contribution in [-0.2, 0) is 31.3 Å². The third kappa shape index (κ3) is 6.18. The van der Waals surface area contributed by atoms with E-state index in [2.05, 4.69) is 26.0 Å². The Hall–Kier alpha value is -4.65. The number of carbonyl (C=O) groups is 2. The summed E-state index contributed by atoms with van der Waals surface area (Å²) in [6.07, 6.45) is 2.23. The minimum atomic E-state index is -4.51. The maximum absolute atomic E-state index is 13.6. The number of alkyl halides is 3. The number of rotatable bonds is 10. The van der Waals surface area contributed by atoms with Gasteiger partial charge in [-0.25, -0.2) is 0 Å². The van der Waals surface area contributed by atoms with Crippen LogP contribution in [0.1, 0.15) is 56.4 Å². The molecular weight excluding hydrogens is 571 g/mol. The molecule has 0 bridgehead atoms. The van der Waals surface area contributed by atoms with E-state index in [1.807, 2.05) is 43.6 Å². The standard InChI is InChI=1S/C34H34F3N3O4/c1-22-6-10-27-25(18-22)32(2,3)29(39(27)15-14-31(42)43)12-7-23(20-38)8-13-30-33(4,5)26-19-24(34(35,36)37)9-11-28(26)40(30)16-17-44-21-41/h6-13,18-19,21H,14-17H2,1-5H3/p+1. The lowest BCUT2D eigenvalue weighted by atomic mass is 9.80. The van der Waals surface area contributed by atoms with Crippen LogP contribution >= 0.6 is 0 Å². The second-order valence-electron chi connectivity index (χ2n) is 11.9. The molecule has 2 aromatic carbocycles. The Bertz CT molecular complexity index is 1660. The summed E-state index contributed by atoms with van der Waals surface area (Å²) in [5.41, 5.74) is 3.79. The summed E-state index contributed by atoms with van der Waals surface area (Å²) < 4.78 is 47.6. The molecule has 0 amide bonds. The fraction of sp³-hybridized carbons (Fsp3) is 0.353. The van der Waals surface area contributed by atoms with Crippen LogP contribution in [0, 0.1) is 18.3 Å². The van der Waals surface area contributed by atoms with Crippen LogP contribution in [0.2, 0.25) is 0 Å². The Morgan fingerprint density at radius 1 is 1.11 bits per heavy atom. The predicted octanol–water partition coefficient (Wildman–Crippen LogP) is 6.73. The molecule has 2 heterocycles. The Kier molecular flexibility index (Phi) is 8.91. The molecule has 2 aromatic rings. The molecule has 1 N–H and O–H groups in total. The molecule has 0 saturated heterocycles. The number of anilines is 1. The molecule has 0 aromatic heterocycles. The van der Waals surface area contributed by atoms with Gasteiger partial charge in [-0.1, -0.05) is 25.5 Å². The van der Waals surface area contributed by atoms with Crippen molar-refractivity contribution in [1.82, 2.24) is 0 Å². The second-order valence-corrected chi connectivity index (χ2v) is 11.9. The molecule has 44 heavy (non-hydrogen) atoms. The molecule has 4 rings (SSSR count). The number of fused-ring (bicyclic) bond motifs is 2. The van der Waals surface area contributed by atoms with Gasteiger partial charge in [0.25, 0.3) is 6.47 Å². The highest BCUT2D eigenvalue weighted by atomic mass is 19.4. The van der Waals surface area contributed by atoms with E-state index in [4.69, 9.17) is 4.74 Å². The van der Waals surface area contributed by atoms with Crippen molar-refractivity contribution in [2.45, 2.75) is 58.0 Å². The average Bonchev–Trinajstić information content (AvgIpc) is 3.29. The van der Waals surface area contributed by atoms with Crippen molar-refractivity contribution >= 4 is 29.5 Å². The Morgan fingerprint density at radius 2 is 1.84 bits per heavy atom. The van der Waals surface area contributed by atoms with Crippen LogP contribution in [0.25, 0.3) is 0 Å². The number of nitrogens with zero attached hydrogens (tertiary/aromatic N) is 3. The zero-order chi connectivity index (χ0) is 32.4. The van der Waals surface area contributed by atoms with Gasteiger partial charge >= 0.3 is 12.1 Å². The van der Waals surface area contributed by atoms with Gasteiger partial charge in [0, 0.05) is 34.5 Å². The lowest BCUT2D eigenvalue weighted by Crippen LogP contribution is -2.29. The Morgan fingerprint density at radius 3 is 2.48 bits per heavy atom. The molecule has 7 nitrogen and oxygen atoms in total. The Labute approximate surface area is 254 Å². The summed E-state index contributed by atoms with van der Waals surface area (Å²) in [5, 5.41) is 19.4. The van der Waals surface area contributed by atoms with Gasteiger partial charge in [-0.05, 0) is 68.8 Å². The van der Waals surface area contributed by atoms with Crippen molar-refractivity contribution in [3.8, 4) is 6.07 Å². The maximum Gasteiger partial charge on any atom is 0.416 e. The minimum Gasteiger partial charge on any atom is -0.481 e. The number of allylic oxidation sites excluding steroid dienone is 6. The largest absolute Gasteiger partial charge is 0.481 e. The number of nitriles is 1. The molecule has 0 radical (unpaired) electrons. The predicted molar refractivity (Wildman–Crippen MR) is 161 cm³/mol.